The van der Waals surface area contributed by atoms with E-state index >= 15 is 0 Å². The molecule has 0 bridgehead atoms. The molecule has 0 saturated heterocycles. The highest BCUT2D eigenvalue weighted by molar-refractivity contribution is 5.98. The molecule has 0 fully saturated rings. The van der Waals surface area contributed by atoms with Crippen LogP contribution in [-0.2, 0) is 20.9 Å². The molecule has 11 heteroatoms. The number of allylic oxidation sites excluding steroid dienone is 1. The Hall–Kier alpha value is -4.30. The SMILES string of the molecule is Cc1cc(C(=O)N[C@H](C(=O)C[C@@H](CCCCNC(=O)C(C#N)=CC(C)C)C(=O)NCc2ccccc2)[C@@H](C)O)no1. The van der Waals surface area contributed by atoms with Gasteiger partial charge in [0.1, 0.15) is 23.4 Å². The zero-order valence-electron chi connectivity index (χ0n) is 24.0. The van der Waals surface area contributed by atoms with Crippen LogP contribution in [0.4, 0.5) is 0 Å². The Bertz CT molecular complexity index is 1250. The molecule has 1 aromatic heterocycles. The maximum absolute atomic E-state index is 13.2. The van der Waals surface area contributed by atoms with Crippen molar-refractivity contribution in [3.63, 3.8) is 0 Å². The molecule has 4 N–H and O–H groups in total. The maximum Gasteiger partial charge on any atom is 0.274 e. The van der Waals surface area contributed by atoms with Gasteiger partial charge in [-0.2, -0.15) is 5.26 Å². The van der Waals surface area contributed by atoms with Gasteiger partial charge in [-0.15, -0.1) is 0 Å². The highest BCUT2D eigenvalue weighted by Crippen LogP contribution is 2.17. The molecule has 41 heavy (non-hydrogen) atoms. The zero-order valence-corrected chi connectivity index (χ0v) is 24.0. The third-order valence-electron chi connectivity index (χ3n) is 6.23. The Morgan fingerprint density at radius 2 is 1.80 bits per heavy atom. The monoisotopic (exact) mass is 565 g/mol. The molecule has 0 saturated carbocycles. The summed E-state index contributed by atoms with van der Waals surface area (Å²) in [5.74, 6) is -2.22. The number of amides is 3. The molecule has 11 nitrogen and oxygen atoms in total. The lowest BCUT2D eigenvalue weighted by Gasteiger charge is -2.23. The number of carbonyl (C=O) groups excluding carboxylic acids is 4. The van der Waals surface area contributed by atoms with E-state index in [1.165, 1.54) is 13.0 Å². The summed E-state index contributed by atoms with van der Waals surface area (Å²) >= 11 is 0. The van der Waals surface area contributed by atoms with Crippen molar-refractivity contribution >= 4 is 23.5 Å². The highest BCUT2D eigenvalue weighted by Gasteiger charge is 2.31. The Morgan fingerprint density at radius 3 is 2.39 bits per heavy atom. The molecule has 220 valence electrons. The lowest BCUT2D eigenvalue weighted by molar-refractivity contribution is -0.131. The third-order valence-corrected chi connectivity index (χ3v) is 6.23. The van der Waals surface area contributed by atoms with E-state index in [1.807, 2.05) is 50.2 Å². The predicted molar refractivity (Wildman–Crippen MR) is 151 cm³/mol. The van der Waals surface area contributed by atoms with Gasteiger partial charge in [-0.1, -0.05) is 61.8 Å². The average Bonchev–Trinajstić information content (AvgIpc) is 3.38. The molecule has 0 radical (unpaired) electrons. The van der Waals surface area contributed by atoms with E-state index in [0.717, 1.165) is 5.56 Å². The molecule has 3 amide bonds. The van der Waals surface area contributed by atoms with Gasteiger partial charge in [0, 0.05) is 31.5 Å². The molecule has 0 unspecified atom stereocenters. The Morgan fingerprint density at radius 1 is 1.10 bits per heavy atom. The van der Waals surface area contributed by atoms with Crippen LogP contribution in [-0.4, -0.2) is 52.5 Å². The van der Waals surface area contributed by atoms with Crippen LogP contribution in [0.15, 0.2) is 52.6 Å². The summed E-state index contributed by atoms with van der Waals surface area (Å²) in [4.78, 5) is 51.2. The maximum atomic E-state index is 13.2. The second kappa shape index (κ2) is 16.7. The van der Waals surface area contributed by atoms with E-state index in [2.05, 4.69) is 21.1 Å². The average molecular weight is 566 g/mol. The van der Waals surface area contributed by atoms with E-state index in [9.17, 15) is 29.5 Å². The smallest absolute Gasteiger partial charge is 0.274 e. The van der Waals surface area contributed by atoms with Crippen molar-refractivity contribution in [2.75, 3.05) is 6.54 Å². The van der Waals surface area contributed by atoms with Crippen LogP contribution in [0, 0.1) is 30.1 Å². The number of aliphatic hydroxyl groups is 1. The molecule has 2 rings (SSSR count). The van der Waals surface area contributed by atoms with Crippen molar-refractivity contribution in [1.82, 2.24) is 21.1 Å². The van der Waals surface area contributed by atoms with E-state index in [1.54, 1.807) is 13.0 Å². The summed E-state index contributed by atoms with van der Waals surface area (Å²) in [6, 6.07) is 11.4. The standard InChI is InChI=1S/C30H39N5O6/c1-19(2)14-24(17-31)29(39)32-13-9-8-12-23(28(38)33-18-22-10-6-5-7-11-22)16-26(37)27(21(4)36)34-30(40)25-15-20(3)41-35-25/h5-7,10-11,14-15,19,21,23,27,36H,8-9,12-13,16,18H2,1-4H3,(H,32,39)(H,33,38)(H,34,40)/t21-,23-,27+/m1/s1. The fourth-order valence-corrected chi connectivity index (χ4v) is 4.09. The first kappa shape index (κ1) is 32.9. The second-order valence-electron chi connectivity index (χ2n) is 10.3. The zero-order chi connectivity index (χ0) is 30.4. The number of carbonyl (C=O) groups is 4. The van der Waals surface area contributed by atoms with Crippen molar-refractivity contribution in [3.8, 4) is 6.07 Å². The number of rotatable bonds is 16. The summed E-state index contributed by atoms with van der Waals surface area (Å²) < 4.78 is 4.91. The number of hydrogen-bond acceptors (Lipinski definition) is 8. The number of unbranched alkanes of at least 4 members (excludes halogenated alkanes) is 1. The first-order valence-corrected chi connectivity index (χ1v) is 13.7. The minimum atomic E-state index is -1.25. The molecule has 0 aliphatic carbocycles. The van der Waals surface area contributed by atoms with Gasteiger partial charge in [-0.25, -0.2) is 0 Å². The Labute approximate surface area is 240 Å². The van der Waals surface area contributed by atoms with Gasteiger partial charge in [-0.3, -0.25) is 19.2 Å². The van der Waals surface area contributed by atoms with Crippen LogP contribution < -0.4 is 16.0 Å². The molecule has 0 spiro atoms. The molecular weight excluding hydrogens is 526 g/mol. The van der Waals surface area contributed by atoms with Crippen molar-refractivity contribution in [3.05, 3.63) is 65.1 Å². The molecule has 1 aromatic carbocycles. The number of aromatic nitrogens is 1. The van der Waals surface area contributed by atoms with E-state index < -0.39 is 35.7 Å². The minimum absolute atomic E-state index is 0.0251. The highest BCUT2D eigenvalue weighted by atomic mass is 16.5. The number of nitrogens with one attached hydrogen (secondary N) is 3. The van der Waals surface area contributed by atoms with Gasteiger partial charge in [-0.05, 0) is 38.2 Å². The van der Waals surface area contributed by atoms with E-state index in [0.29, 0.717) is 31.6 Å². The van der Waals surface area contributed by atoms with Crippen LogP contribution in [0.2, 0.25) is 0 Å². The molecular formula is C30H39N5O6. The van der Waals surface area contributed by atoms with Crippen LogP contribution in [0.5, 0.6) is 0 Å². The number of aliphatic hydroxyl groups excluding tert-OH is 1. The number of aryl methyl sites for hydroxylation is 1. The van der Waals surface area contributed by atoms with Crippen LogP contribution >= 0.6 is 0 Å². The number of hydrogen-bond donors (Lipinski definition) is 4. The quantitative estimate of drug-likeness (QED) is 0.136. The topological polar surface area (TPSA) is 174 Å². The second-order valence-corrected chi connectivity index (χ2v) is 10.3. The van der Waals surface area contributed by atoms with Gasteiger partial charge in [0.15, 0.2) is 11.5 Å². The molecule has 0 aliphatic heterocycles. The van der Waals surface area contributed by atoms with E-state index in [-0.39, 0.29) is 36.1 Å². The third kappa shape index (κ3) is 11.4. The first-order valence-electron chi connectivity index (χ1n) is 13.7. The van der Waals surface area contributed by atoms with Gasteiger partial charge in [0.2, 0.25) is 5.91 Å². The molecule has 3 atom stereocenters. The first-order chi connectivity index (χ1) is 19.5. The molecule has 2 aromatic rings. The van der Waals surface area contributed by atoms with Gasteiger partial charge in [0.25, 0.3) is 11.8 Å². The van der Waals surface area contributed by atoms with Crippen LogP contribution in [0.3, 0.4) is 0 Å². The normalized spacial score (nSPS) is 13.5. The summed E-state index contributed by atoms with van der Waals surface area (Å²) in [6.45, 7) is 7.33. The van der Waals surface area contributed by atoms with Crippen molar-refractivity contribution in [1.29, 1.82) is 5.26 Å². The van der Waals surface area contributed by atoms with E-state index in [4.69, 9.17) is 4.52 Å². The summed E-state index contributed by atoms with van der Waals surface area (Å²) in [5, 5.41) is 31.2. The fourth-order valence-electron chi connectivity index (χ4n) is 4.09. The Kier molecular flexibility index (Phi) is 13.4. The number of ketones is 1. The largest absolute Gasteiger partial charge is 0.391 e. The summed E-state index contributed by atoms with van der Waals surface area (Å²) in [5.41, 5.74) is 0.923. The van der Waals surface area contributed by atoms with Gasteiger partial charge >= 0.3 is 0 Å². The van der Waals surface area contributed by atoms with Crippen LogP contribution in [0.1, 0.15) is 68.3 Å². The van der Waals surface area contributed by atoms with Gasteiger partial charge in [0.05, 0.1) is 6.10 Å². The minimum Gasteiger partial charge on any atom is -0.391 e. The summed E-state index contributed by atoms with van der Waals surface area (Å²) in [7, 11) is 0. The predicted octanol–water partition coefficient (Wildman–Crippen LogP) is 2.75. The van der Waals surface area contributed by atoms with Crippen molar-refractivity contribution < 1.29 is 28.8 Å². The number of nitrogens with zero attached hydrogens (tertiary/aromatic N) is 2. The van der Waals surface area contributed by atoms with Crippen molar-refractivity contribution in [2.45, 2.75) is 72.1 Å². The number of Topliss-reactive ketones (excluding diaryl/α,β-unsaturated/α-hetero) is 1. The lowest BCUT2D eigenvalue weighted by Crippen LogP contribution is -2.49. The van der Waals surface area contributed by atoms with Crippen molar-refractivity contribution in [2.24, 2.45) is 11.8 Å². The fraction of sp³-hybridized carbons (Fsp3) is 0.467. The van der Waals surface area contributed by atoms with Gasteiger partial charge < -0.3 is 25.6 Å². The summed E-state index contributed by atoms with van der Waals surface area (Å²) in [6.07, 6.45) is 1.53. The molecule has 0 aliphatic rings. The number of benzene rings is 1. The molecule has 1 heterocycles. The number of nitriles is 1. The Balaban J connectivity index is 2.03. The van der Waals surface area contributed by atoms with Crippen LogP contribution in [0.25, 0.3) is 0 Å². The lowest BCUT2D eigenvalue weighted by atomic mass is 9.91.